The summed E-state index contributed by atoms with van der Waals surface area (Å²) in [5.74, 6) is -0.685. The SMILES string of the molecule is BCCCNC(=O)[C@H](C)NC(=O)[C@H](C)NC(=O)OC(C)(C)C. The lowest BCUT2D eigenvalue weighted by atomic mass is 10.0. The second-order valence-corrected chi connectivity index (χ2v) is 6.24. The molecule has 3 N–H and O–H groups in total. The molecule has 0 heterocycles. The quantitative estimate of drug-likeness (QED) is 0.454. The first kappa shape index (κ1) is 20.3. The van der Waals surface area contributed by atoms with E-state index in [0.717, 1.165) is 12.7 Å². The monoisotopic (exact) mass is 313 g/mol. The average Bonchev–Trinajstić information content (AvgIpc) is 2.36. The molecule has 0 bridgehead atoms. The molecule has 0 saturated carbocycles. The molecule has 0 radical (unpaired) electrons. The first-order valence-electron chi connectivity index (χ1n) is 7.64. The van der Waals surface area contributed by atoms with E-state index in [1.807, 2.05) is 7.85 Å². The smallest absolute Gasteiger partial charge is 0.408 e. The molecule has 0 saturated heterocycles. The van der Waals surface area contributed by atoms with Crippen LogP contribution in [0, 0.1) is 0 Å². The summed E-state index contributed by atoms with van der Waals surface area (Å²) in [6.07, 6.45) is 1.20. The number of amides is 3. The zero-order chi connectivity index (χ0) is 17.3. The van der Waals surface area contributed by atoms with Crippen molar-refractivity contribution < 1.29 is 19.1 Å². The third-order valence-electron chi connectivity index (χ3n) is 2.71. The Kier molecular flexibility index (Phi) is 8.59. The predicted octanol–water partition coefficient (Wildman–Crippen LogP) is -0.0380. The van der Waals surface area contributed by atoms with Gasteiger partial charge in [-0.3, -0.25) is 9.59 Å². The highest BCUT2D eigenvalue weighted by molar-refractivity contribution is 6.08. The topological polar surface area (TPSA) is 96.5 Å². The van der Waals surface area contributed by atoms with Crippen LogP contribution in [0.3, 0.4) is 0 Å². The van der Waals surface area contributed by atoms with Gasteiger partial charge >= 0.3 is 6.09 Å². The van der Waals surface area contributed by atoms with E-state index in [4.69, 9.17) is 4.74 Å². The van der Waals surface area contributed by atoms with Crippen LogP contribution in [0.2, 0.25) is 6.32 Å². The van der Waals surface area contributed by atoms with E-state index in [9.17, 15) is 14.4 Å². The minimum Gasteiger partial charge on any atom is -0.444 e. The van der Waals surface area contributed by atoms with Gasteiger partial charge in [0, 0.05) is 6.54 Å². The van der Waals surface area contributed by atoms with Crippen LogP contribution in [0.1, 0.15) is 41.0 Å². The van der Waals surface area contributed by atoms with Crippen molar-refractivity contribution in [1.29, 1.82) is 0 Å². The normalized spacial score (nSPS) is 13.7. The zero-order valence-electron chi connectivity index (χ0n) is 14.4. The lowest BCUT2D eigenvalue weighted by Crippen LogP contribution is -2.52. The minimum atomic E-state index is -0.791. The summed E-state index contributed by atoms with van der Waals surface area (Å²) in [6, 6.07) is -1.45. The summed E-state index contributed by atoms with van der Waals surface area (Å²) in [6.45, 7) is 8.92. The third kappa shape index (κ3) is 9.25. The first-order chi connectivity index (χ1) is 10.1. The zero-order valence-corrected chi connectivity index (χ0v) is 14.4. The first-order valence-corrected chi connectivity index (χ1v) is 7.64. The van der Waals surface area contributed by atoms with Gasteiger partial charge in [0.15, 0.2) is 0 Å². The molecule has 8 heteroatoms. The van der Waals surface area contributed by atoms with Crippen LogP contribution in [0.25, 0.3) is 0 Å². The Labute approximate surface area is 133 Å². The molecule has 0 aliphatic carbocycles. The van der Waals surface area contributed by atoms with Gasteiger partial charge in [-0.15, -0.1) is 0 Å². The third-order valence-corrected chi connectivity index (χ3v) is 2.71. The Hall–Kier alpha value is -1.73. The molecule has 0 unspecified atom stereocenters. The Morgan fingerprint density at radius 3 is 2.09 bits per heavy atom. The van der Waals surface area contributed by atoms with E-state index in [-0.39, 0.29) is 5.91 Å². The van der Waals surface area contributed by atoms with Gasteiger partial charge < -0.3 is 20.7 Å². The van der Waals surface area contributed by atoms with Gasteiger partial charge in [-0.05, 0) is 41.0 Å². The summed E-state index contributed by atoms with van der Waals surface area (Å²) in [7, 11) is 2.03. The van der Waals surface area contributed by atoms with E-state index < -0.39 is 29.7 Å². The van der Waals surface area contributed by atoms with Gasteiger partial charge in [0.25, 0.3) is 0 Å². The second-order valence-electron chi connectivity index (χ2n) is 6.24. The lowest BCUT2D eigenvalue weighted by molar-refractivity contribution is -0.129. The van der Waals surface area contributed by atoms with Gasteiger partial charge in [-0.2, -0.15) is 0 Å². The van der Waals surface area contributed by atoms with Gasteiger partial charge in [-0.1, -0.05) is 6.32 Å². The molecule has 7 nitrogen and oxygen atoms in total. The molecule has 3 amide bonds. The maximum atomic E-state index is 11.9. The van der Waals surface area contributed by atoms with E-state index in [1.165, 1.54) is 6.92 Å². The Balaban J connectivity index is 4.23. The molecule has 0 aromatic carbocycles. The van der Waals surface area contributed by atoms with Crippen molar-refractivity contribution in [3.63, 3.8) is 0 Å². The number of ether oxygens (including phenoxy) is 1. The largest absolute Gasteiger partial charge is 0.444 e. The second kappa shape index (κ2) is 9.32. The van der Waals surface area contributed by atoms with Crippen molar-refractivity contribution in [2.75, 3.05) is 6.54 Å². The Morgan fingerprint density at radius 2 is 1.59 bits per heavy atom. The summed E-state index contributed by atoms with van der Waals surface area (Å²) in [5.41, 5.74) is -0.632. The number of carbonyl (C=O) groups is 3. The van der Waals surface area contributed by atoms with E-state index >= 15 is 0 Å². The predicted molar refractivity (Wildman–Crippen MR) is 87.4 cm³/mol. The van der Waals surface area contributed by atoms with Gasteiger partial charge in [0.05, 0.1) is 0 Å². The highest BCUT2D eigenvalue weighted by Crippen LogP contribution is 2.06. The summed E-state index contributed by atoms with van der Waals surface area (Å²) in [4.78, 5) is 35.3. The van der Waals surface area contributed by atoms with E-state index in [2.05, 4.69) is 16.0 Å². The van der Waals surface area contributed by atoms with Gasteiger partial charge in [0.2, 0.25) is 11.8 Å². The number of carbonyl (C=O) groups excluding carboxylic acids is 3. The van der Waals surface area contributed by atoms with Crippen molar-refractivity contribution in [2.24, 2.45) is 0 Å². The maximum absolute atomic E-state index is 11.9. The molecule has 0 aliphatic heterocycles. The molecule has 22 heavy (non-hydrogen) atoms. The summed E-state index contributed by atoms with van der Waals surface area (Å²) < 4.78 is 5.07. The number of hydrogen-bond donors (Lipinski definition) is 3. The van der Waals surface area contributed by atoms with Crippen molar-refractivity contribution in [2.45, 2.75) is 65.0 Å². The fourth-order valence-electron chi connectivity index (χ4n) is 1.50. The van der Waals surface area contributed by atoms with Crippen LogP contribution in [-0.2, 0) is 14.3 Å². The maximum Gasteiger partial charge on any atom is 0.408 e. The van der Waals surface area contributed by atoms with Crippen LogP contribution >= 0.6 is 0 Å². The number of hydrogen-bond acceptors (Lipinski definition) is 4. The fourth-order valence-corrected chi connectivity index (χ4v) is 1.50. The highest BCUT2D eigenvalue weighted by atomic mass is 16.6. The Morgan fingerprint density at radius 1 is 1.05 bits per heavy atom. The van der Waals surface area contributed by atoms with Crippen LogP contribution in [-0.4, -0.2) is 50.0 Å². The number of nitrogens with one attached hydrogen (secondary N) is 3. The average molecular weight is 313 g/mol. The van der Waals surface area contributed by atoms with Crippen molar-refractivity contribution in [1.82, 2.24) is 16.0 Å². The molecular formula is C14H28BN3O4. The molecule has 0 fully saturated rings. The molecule has 0 aromatic rings. The molecule has 0 spiro atoms. The van der Waals surface area contributed by atoms with Gasteiger partial charge in [-0.25, -0.2) is 4.79 Å². The summed E-state index contributed by atoms with van der Waals surface area (Å²) >= 11 is 0. The fraction of sp³-hybridized carbons (Fsp3) is 0.786. The van der Waals surface area contributed by atoms with Crippen LogP contribution in [0.4, 0.5) is 4.79 Å². The molecule has 0 aromatic heterocycles. The number of alkyl carbamates (subject to hydrolysis) is 1. The van der Waals surface area contributed by atoms with Crippen LogP contribution < -0.4 is 16.0 Å². The van der Waals surface area contributed by atoms with Gasteiger partial charge in [0.1, 0.15) is 25.5 Å². The van der Waals surface area contributed by atoms with E-state index in [0.29, 0.717) is 6.54 Å². The number of rotatable bonds is 7. The van der Waals surface area contributed by atoms with Crippen LogP contribution in [0.5, 0.6) is 0 Å². The lowest BCUT2D eigenvalue weighted by Gasteiger charge is -2.22. The molecule has 0 rings (SSSR count). The van der Waals surface area contributed by atoms with Crippen LogP contribution in [0.15, 0.2) is 0 Å². The summed E-state index contributed by atoms with van der Waals surface area (Å²) in [5, 5.41) is 7.71. The standard InChI is InChI=1S/C14H28BN3O4/c1-9(11(19)16-8-6-7-15)17-12(20)10(2)18-13(21)22-14(3,4)5/h9-10H,6-8,15H2,1-5H3,(H,16,19)(H,17,20)(H,18,21)/t9-,10-/m0/s1. The van der Waals surface area contributed by atoms with Crippen molar-refractivity contribution >= 4 is 25.8 Å². The Bertz CT molecular complexity index is 396. The molecule has 0 aliphatic rings. The highest BCUT2D eigenvalue weighted by Gasteiger charge is 2.23. The van der Waals surface area contributed by atoms with Crippen molar-refractivity contribution in [3.05, 3.63) is 0 Å². The minimum absolute atomic E-state index is 0.244. The molecule has 126 valence electrons. The van der Waals surface area contributed by atoms with E-state index in [1.54, 1.807) is 27.7 Å². The van der Waals surface area contributed by atoms with Crippen molar-refractivity contribution in [3.8, 4) is 0 Å². The molecule has 2 atom stereocenters. The molecular weight excluding hydrogens is 285 g/mol.